The molecule has 1 aromatic heterocycles. The number of methoxy groups -OCH3 is 2. The van der Waals surface area contributed by atoms with E-state index < -0.39 is 0 Å². The normalized spacial score (nSPS) is 10.2. The third-order valence-electron chi connectivity index (χ3n) is 2.68. The van der Waals surface area contributed by atoms with Gasteiger partial charge >= 0.3 is 0 Å². The third-order valence-corrected chi connectivity index (χ3v) is 3.17. The Morgan fingerprint density at radius 3 is 2.25 bits per heavy atom. The summed E-state index contributed by atoms with van der Waals surface area (Å²) >= 11 is 11.8. The molecule has 1 heterocycles. The van der Waals surface area contributed by atoms with Crippen molar-refractivity contribution >= 4 is 29.0 Å². The van der Waals surface area contributed by atoms with Crippen LogP contribution in [0.25, 0.3) is 0 Å². The van der Waals surface area contributed by atoms with Gasteiger partial charge in [-0.2, -0.15) is 0 Å². The number of hydrogen-bond donors (Lipinski definition) is 0. The van der Waals surface area contributed by atoms with Gasteiger partial charge in [-0.15, -0.1) is 0 Å². The van der Waals surface area contributed by atoms with Crippen molar-refractivity contribution in [3.05, 3.63) is 51.8 Å². The highest BCUT2D eigenvalue weighted by atomic mass is 35.5. The van der Waals surface area contributed by atoms with Gasteiger partial charge < -0.3 is 9.47 Å². The van der Waals surface area contributed by atoms with Crippen LogP contribution in [-0.2, 0) is 0 Å². The average Bonchev–Trinajstić information content (AvgIpc) is 2.45. The number of nitrogens with zero attached hydrogens (tertiary/aromatic N) is 1. The molecule has 0 amide bonds. The second-order valence-electron chi connectivity index (χ2n) is 3.85. The Morgan fingerprint density at radius 2 is 1.75 bits per heavy atom. The van der Waals surface area contributed by atoms with Crippen molar-refractivity contribution in [1.29, 1.82) is 0 Å². The molecule has 0 radical (unpaired) electrons. The Kier molecular flexibility index (Phi) is 4.47. The second kappa shape index (κ2) is 6.11. The summed E-state index contributed by atoms with van der Waals surface area (Å²) in [5, 5.41) is 0.536. The lowest BCUT2D eigenvalue weighted by Crippen LogP contribution is -2.09. The first-order chi connectivity index (χ1) is 9.58. The minimum atomic E-state index is -0.388. The summed E-state index contributed by atoms with van der Waals surface area (Å²) in [7, 11) is 2.95. The predicted octanol–water partition coefficient (Wildman–Crippen LogP) is 3.64. The minimum Gasteiger partial charge on any atom is -0.496 e. The van der Waals surface area contributed by atoms with Crippen LogP contribution in [0.5, 0.6) is 11.5 Å². The number of halogens is 2. The lowest BCUT2D eigenvalue weighted by molar-refractivity contribution is 0.102. The van der Waals surface area contributed by atoms with E-state index in [1.54, 1.807) is 18.2 Å². The van der Waals surface area contributed by atoms with Crippen LogP contribution < -0.4 is 9.47 Å². The van der Waals surface area contributed by atoms with Gasteiger partial charge in [0.05, 0.1) is 24.3 Å². The van der Waals surface area contributed by atoms with E-state index >= 15 is 0 Å². The van der Waals surface area contributed by atoms with E-state index in [0.717, 1.165) is 0 Å². The van der Waals surface area contributed by atoms with Gasteiger partial charge in [0.15, 0.2) is 0 Å². The molecule has 0 spiro atoms. The Hall–Kier alpha value is -1.78. The zero-order valence-corrected chi connectivity index (χ0v) is 12.3. The Bertz CT molecular complexity index is 637. The van der Waals surface area contributed by atoms with Crippen molar-refractivity contribution < 1.29 is 14.3 Å². The molecule has 4 nitrogen and oxygen atoms in total. The fourth-order valence-electron chi connectivity index (χ4n) is 1.78. The van der Waals surface area contributed by atoms with Crippen molar-refractivity contribution in [3.8, 4) is 11.5 Å². The van der Waals surface area contributed by atoms with Crippen LogP contribution in [0.3, 0.4) is 0 Å². The maximum Gasteiger partial charge on any atom is 0.220 e. The maximum atomic E-state index is 12.6. The van der Waals surface area contributed by atoms with E-state index in [1.807, 2.05) is 0 Å². The molecule has 0 unspecified atom stereocenters. The molecular formula is C14H11Cl2NO3. The Morgan fingerprint density at radius 1 is 1.15 bits per heavy atom. The molecule has 104 valence electrons. The first-order valence-electron chi connectivity index (χ1n) is 5.65. The summed E-state index contributed by atoms with van der Waals surface area (Å²) in [6.45, 7) is 0. The van der Waals surface area contributed by atoms with Gasteiger partial charge in [0, 0.05) is 6.20 Å². The van der Waals surface area contributed by atoms with Crippen LogP contribution in [0, 0.1) is 0 Å². The molecule has 0 fully saturated rings. The number of carbonyl (C=O) groups is 1. The van der Waals surface area contributed by atoms with E-state index in [9.17, 15) is 4.79 Å². The highest BCUT2D eigenvalue weighted by Crippen LogP contribution is 2.32. The van der Waals surface area contributed by atoms with Crippen molar-refractivity contribution in [2.75, 3.05) is 14.2 Å². The van der Waals surface area contributed by atoms with E-state index in [4.69, 9.17) is 32.7 Å². The highest BCUT2D eigenvalue weighted by Gasteiger charge is 2.23. The zero-order chi connectivity index (χ0) is 14.7. The Balaban J connectivity index is 2.58. The third kappa shape index (κ3) is 2.71. The summed E-state index contributed by atoms with van der Waals surface area (Å²) in [5.41, 5.74) is 0.369. The molecule has 0 aliphatic carbocycles. The van der Waals surface area contributed by atoms with E-state index in [1.165, 1.54) is 26.5 Å². The first kappa shape index (κ1) is 14.6. The topological polar surface area (TPSA) is 48.4 Å². The number of hydrogen-bond acceptors (Lipinski definition) is 4. The van der Waals surface area contributed by atoms with Gasteiger partial charge in [-0.3, -0.25) is 4.79 Å². The molecule has 0 saturated carbocycles. The van der Waals surface area contributed by atoms with Crippen LogP contribution >= 0.6 is 23.2 Å². The molecule has 0 aliphatic rings. The van der Waals surface area contributed by atoms with Crippen molar-refractivity contribution in [1.82, 2.24) is 4.98 Å². The smallest absolute Gasteiger partial charge is 0.220 e. The van der Waals surface area contributed by atoms with Crippen LogP contribution in [0.2, 0.25) is 10.0 Å². The number of ether oxygens (including phenoxy) is 2. The first-order valence-corrected chi connectivity index (χ1v) is 6.40. The van der Waals surface area contributed by atoms with Gasteiger partial charge in [-0.1, -0.05) is 29.3 Å². The van der Waals surface area contributed by atoms with Crippen molar-refractivity contribution in [3.63, 3.8) is 0 Å². The van der Waals surface area contributed by atoms with E-state index in [2.05, 4.69) is 4.98 Å². The summed E-state index contributed by atoms with van der Waals surface area (Å²) in [5.74, 6) is 0.394. The molecule has 2 aromatic rings. The van der Waals surface area contributed by atoms with Crippen molar-refractivity contribution in [2.45, 2.75) is 0 Å². The van der Waals surface area contributed by atoms with Gasteiger partial charge in [0.25, 0.3) is 0 Å². The average molecular weight is 312 g/mol. The summed E-state index contributed by atoms with van der Waals surface area (Å²) in [6, 6.07) is 6.52. The van der Waals surface area contributed by atoms with Crippen molar-refractivity contribution in [2.24, 2.45) is 0 Å². The van der Waals surface area contributed by atoms with Gasteiger partial charge in [0.2, 0.25) is 5.78 Å². The fourth-order valence-corrected chi connectivity index (χ4v) is 2.24. The summed E-state index contributed by atoms with van der Waals surface area (Å²) < 4.78 is 10.4. The predicted molar refractivity (Wildman–Crippen MR) is 77.2 cm³/mol. The summed E-state index contributed by atoms with van der Waals surface area (Å²) in [4.78, 5) is 16.6. The van der Waals surface area contributed by atoms with Crippen LogP contribution in [0.1, 0.15) is 16.1 Å². The number of benzene rings is 1. The van der Waals surface area contributed by atoms with Gasteiger partial charge in [-0.25, -0.2) is 4.98 Å². The van der Waals surface area contributed by atoms with Crippen LogP contribution in [-0.4, -0.2) is 25.0 Å². The number of pyridine rings is 1. The SMILES string of the molecule is COc1cccc(OC)c1C(=O)c1ncc(Cl)cc1Cl. The minimum absolute atomic E-state index is 0.0962. The second-order valence-corrected chi connectivity index (χ2v) is 4.69. The molecule has 0 atom stereocenters. The highest BCUT2D eigenvalue weighted by molar-refractivity contribution is 6.37. The largest absolute Gasteiger partial charge is 0.496 e. The molecule has 6 heteroatoms. The number of aromatic nitrogens is 1. The molecule has 0 bridgehead atoms. The zero-order valence-electron chi connectivity index (χ0n) is 10.8. The number of rotatable bonds is 4. The Labute approximate surface area is 126 Å². The quantitative estimate of drug-likeness (QED) is 0.809. The van der Waals surface area contributed by atoms with E-state index in [0.29, 0.717) is 16.5 Å². The molecule has 0 saturated heterocycles. The molecule has 1 aromatic carbocycles. The molecule has 2 rings (SSSR count). The lowest BCUT2D eigenvalue weighted by atomic mass is 10.1. The van der Waals surface area contributed by atoms with E-state index in [-0.39, 0.29) is 22.1 Å². The lowest BCUT2D eigenvalue weighted by Gasteiger charge is -2.12. The molecule has 20 heavy (non-hydrogen) atoms. The van der Waals surface area contributed by atoms with Gasteiger partial charge in [-0.05, 0) is 18.2 Å². The van der Waals surface area contributed by atoms with Gasteiger partial charge in [0.1, 0.15) is 22.8 Å². The standard InChI is InChI=1S/C14H11Cl2NO3/c1-19-10-4-3-5-11(20-2)12(10)14(18)13-9(16)6-8(15)7-17-13/h3-7H,1-2H3. The number of ketones is 1. The number of carbonyl (C=O) groups excluding carboxylic acids is 1. The van der Waals surface area contributed by atoms with Crippen LogP contribution in [0.4, 0.5) is 0 Å². The fraction of sp³-hybridized carbons (Fsp3) is 0.143. The summed E-state index contributed by atoms with van der Waals surface area (Å²) in [6.07, 6.45) is 1.36. The molecule has 0 N–H and O–H groups in total. The monoisotopic (exact) mass is 311 g/mol. The van der Waals surface area contributed by atoms with Crippen LogP contribution in [0.15, 0.2) is 30.5 Å². The maximum absolute atomic E-state index is 12.6. The molecule has 0 aliphatic heterocycles. The molecular weight excluding hydrogens is 301 g/mol.